The van der Waals surface area contributed by atoms with Crippen molar-refractivity contribution in [1.82, 2.24) is 40.5 Å². The third kappa shape index (κ3) is 5.72. The van der Waals surface area contributed by atoms with Gasteiger partial charge in [0.05, 0.1) is 46.7 Å². The fraction of sp³-hybridized carbons (Fsp3) is 0.382. The Bertz CT molecular complexity index is 1900. The van der Waals surface area contributed by atoms with Crippen molar-refractivity contribution in [2.24, 2.45) is 5.92 Å². The number of fused-ring (bicyclic) bond motifs is 3. The number of rotatable bonds is 10. The minimum absolute atomic E-state index is 0.00469. The number of likely N-dealkylation sites (tertiary alicyclic amines) is 1. The van der Waals surface area contributed by atoms with E-state index in [0.29, 0.717) is 23.7 Å². The fourth-order valence-corrected chi connectivity index (χ4v) is 6.68. The zero-order chi connectivity index (χ0) is 33.5. The number of para-hydroxylation sites is 1. The molecule has 3 aliphatic rings. The molecule has 48 heavy (non-hydrogen) atoms. The summed E-state index contributed by atoms with van der Waals surface area (Å²) in [6.45, 7) is 4.48. The van der Waals surface area contributed by atoms with Crippen LogP contribution in [0.2, 0.25) is 0 Å². The van der Waals surface area contributed by atoms with Crippen molar-refractivity contribution in [3.63, 3.8) is 0 Å². The van der Waals surface area contributed by atoms with E-state index >= 15 is 0 Å². The number of hydrogen-bond acceptors (Lipinski definition) is 10. The third-order valence-electron chi connectivity index (χ3n) is 9.32. The van der Waals surface area contributed by atoms with E-state index in [1.807, 2.05) is 30.5 Å². The summed E-state index contributed by atoms with van der Waals surface area (Å²) in [5.74, 6) is -0.370. The predicted molar refractivity (Wildman–Crippen MR) is 181 cm³/mol. The summed E-state index contributed by atoms with van der Waals surface area (Å²) in [7, 11) is 5.24. The number of hydrogen-bond donors (Lipinski definition) is 4. The molecule has 1 aliphatic carbocycles. The van der Waals surface area contributed by atoms with E-state index in [2.05, 4.69) is 71.0 Å². The highest BCUT2D eigenvalue weighted by atomic mass is 16.2. The van der Waals surface area contributed by atoms with Gasteiger partial charge in [-0.3, -0.25) is 24.0 Å². The molecule has 2 fully saturated rings. The van der Waals surface area contributed by atoms with Crippen molar-refractivity contribution in [3.05, 3.63) is 71.4 Å². The summed E-state index contributed by atoms with van der Waals surface area (Å²) in [5, 5.41) is 24.8. The lowest BCUT2D eigenvalue weighted by Gasteiger charge is -2.43. The molecule has 14 heteroatoms. The first kappa shape index (κ1) is 31.2. The molecule has 2 aliphatic heterocycles. The number of aromatic nitrogens is 5. The van der Waals surface area contributed by atoms with Gasteiger partial charge in [0.15, 0.2) is 11.5 Å². The number of nitrogens with one attached hydrogen (secondary N) is 4. The number of carbonyl (C=O) groups excluding carboxylic acids is 3. The maximum atomic E-state index is 12.8. The summed E-state index contributed by atoms with van der Waals surface area (Å²) in [5.41, 5.74) is 6.91. The molecular formula is C34H39N11O3. The van der Waals surface area contributed by atoms with Crippen LogP contribution in [-0.4, -0.2) is 81.8 Å². The van der Waals surface area contributed by atoms with Gasteiger partial charge in [0.1, 0.15) is 5.69 Å². The number of amides is 3. The number of nitrogens with zero attached hydrogens (tertiary/aromatic N) is 7. The molecule has 248 valence electrons. The maximum Gasteiger partial charge on any atom is 0.273 e. The van der Waals surface area contributed by atoms with Crippen LogP contribution in [0.1, 0.15) is 70.6 Å². The van der Waals surface area contributed by atoms with Crippen LogP contribution >= 0.6 is 0 Å². The Morgan fingerprint density at radius 2 is 1.71 bits per heavy atom. The van der Waals surface area contributed by atoms with Gasteiger partial charge in [-0.05, 0) is 37.5 Å². The molecule has 0 radical (unpaired) electrons. The lowest BCUT2D eigenvalue weighted by Crippen LogP contribution is -2.48. The molecule has 14 nitrogen and oxygen atoms in total. The molecule has 7 rings (SSSR count). The van der Waals surface area contributed by atoms with E-state index in [1.165, 1.54) is 5.69 Å². The van der Waals surface area contributed by atoms with Crippen molar-refractivity contribution in [3.8, 4) is 11.1 Å². The van der Waals surface area contributed by atoms with Crippen LogP contribution in [0.4, 0.5) is 22.9 Å². The van der Waals surface area contributed by atoms with Crippen LogP contribution in [0, 0.1) is 5.92 Å². The van der Waals surface area contributed by atoms with Crippen LogP contribution < -0.4 is 26.2 Å². The minimum atomic E-state index is -0.386. The zero-order valence-corrected chi connectivity index (χ0v) is 27.4. The van der Waals surface area contributed by atoms with Crippen molar-refractivity contribution < 1.29 is 14.4 Å². The second-order valence-corrected chi connectivity index (χ2v) is 12.5. The van der Waals surface area contributed by atoms with Crippen LogP contribution in [0.3, 0.4) is 0 Å². The van der Waals surface area contributed by atoms with Crippen LogP contribution in [-0.2, 0) is 11.3 Å². The van der Waals surface area contributed by atoms with E-state index in [1.54, 1.807) is 26.2 Å². The molecule has 4 aromatic rings. The minimum Gasteiger partial charge on any atom is -0.364 e. The highest BCUT2D eigenvalue weighted by Crippen LogP contribution is 2.50. The number of pyridine rings is 1. The van der Waals surface area contributed by atoms with Crippen LogP contribution in [0.15, 0.2) is 48.7 Å². The smallest absolute Gasteiger partial charge is 0.273 e. The molecule has 1 atom stereocenters. The fourth-order valence-electron chi connectivity index (χ4n) is 6.68. The van der Waals surface area contributed by atoms with E-state index in [0.717, 1.165) is 60.5 Å². The Balaban J connectivity index is 1.15. The highest BCUT2D eigenvalue weighted by Gasteiger charge is 2.38. The lowest BCUT2D eigenvalue weighted by molar-refractivity contribution is -0.117. The molecule has 0 unspecified atom stereocenters. The summed E-state index contributed by atoms with van der Waals surface area (Å²) < 4.78 is 2.18. The van der Waals surface area contributed by atoms with Crippen LogP contribution in [0.5, 0.6) is 0 Å². The molecule has 4 N–H and O–H groups in total. The second kappa shape index (κ2) is 12.7. The first-order chi connectivity index (χ1) is 23.3. The topological polar surface area (TPSA) is 162 Å². The average Bonchev–Trinajstić information content (AvgIpc) is 3.86. The molecular weight excluding hydrogens is 610 g/mol. The third-order valence-corrected chi connectivity index (χ3v) is 9.32. The van der Waals surface area contributed by atoms with Gasteiger partial charge in [-0.2, -0.15) is 5.10 Å². The molecule has 3 aromatic heterocycles. The van der Waals surface area contributed by atoms with Gasteiger partial charge < -0.3 is 26.2 Å². The predicted octanol–water partition coefficient (Wildman–Crippen LogP) is 3.50. The number of anilines is 4. The first-order valence-corrected chi connectivity index (χ1v) is 16.3. The Morgan fingerprint density at radius 1 is 0.938 bits per heavy atom. The SMILES string of the molecule is CC[C@@H]1c2c(cnn2C2CN(Cc3cccc(C(=O)NC)n3)C2)-c2cccc(Nc3cc(NC(=O)C4CC4)nnc3C(=O)NC)c2N1C. The largest absolute Gasteiger partial charge is 0.364 e. The monoisotopic (exact) mass is 649 g/mol. The summed E-state index contributed by atoms with van der Waals surface area (Å²) in [6, 6.07) is 13.5. The quantitative estimate of drug-likeness (QED) is 0.200. The standard InChI is InChI=1S/C34H39N11O3/c1-5-27-31-23(15-37-45(31)21-17-44(18-21)16-20-8-6-11-25(38-20)33(47)35-2)22-9-7-10-24(30(22)43(27)4)39-26-14-28(40-32(46)19-12-13-19)41-42-29(26)34(48)36-3/h6-11,14-15,19,21,27H,5,12-13,16-18H2,1-4H3,(H,35,47)(H,36,48)(H2,39,40,41,46)/t27-/m1/s1. The Labute approximate surface area is 278 Å². The summed E-state index contributed by atoms with van der Waals surface area (Å²) in [4.78, 5) is 46.4. The Hall–Kier alpha value is -5.37. The Kier molecular flexibility index (Phi) is 8.25. The molecule has 1 aromatic carbocycles. The molecule has 1 saturated carbocycles. The van der Waals surface area contributed by atoms with E-state index < -0.39 is 0 Å². The van der Waals surface area contributed by atoms with Gasteiger partial charge >= 0.3 is 0 Å². The lowest BCUT2D eigenvalue weighted by atomic mass is 9.91. The molecule has 0 spiro atoms. The molecule has 5 heterocycles. The molecule has 3 amide bonds. The van der Waals surface area contributed by atoms with Crippen molar-refractivity contribution >= 4 is 40.6 Å². The van der Waals surface area contributed by atoms with Gasteiger partial charge in [0, 0.05) is 63.9 Å². The molecule has 1 saturated heterocycles. The average molecular weight is 650 g/mol. The van der Waals surface area contributed by atoms with Gasteiger partial charge in [-0.1, -0.05) is 25.1 Å². The normalized spacial score (nSPS) is 17.2. The molecule has 0 bridgehead atoms. The second-order valence-electron chi connectivity index (χ2n) is 12.5. The van der Waals surface area contributed by atoms with Crippen molar-refractivity contribution in [1.29, 1.82) is 0 Å². The van der Waals surface area contributed by atoms with Crippen molar-refractivity contribution in [2.45, 2.75) is 44.8 Å². The number of carbonyl (C=O) groups is 3. The maximum absolute atomic E-state index is 12.8. The number of benzene rings is 1. The summed E-state index contributed by atoms with van der Waals surface area (Å²) >= 11 is 0. The first-order valence-electron chi connectivity index (χ1n) is 16.3. The zero-order valence-electron chi connectivity index (χ0n) is 27.4. The van der Waals surface area contributed by atoms with E-state index in [9.17, 15) is 14.4 Å². The van der Waals surface area contributed by atoms with Gasteiger partial charge in [-0.25, -0.2) is 4.98 Å². The van der Waals surface area contributed by atoms with Gasteiger partial charge in [-0.15, -0.1) is 10.2 Å². The van der Waals surface area contributed by atoms with Crippen LogP contribution in [0.25, 0.3) is 11.1 Å². The highest BCUT2D eigenvalue weighted by molar-refractivity contribution is 6.01. The summed E-state index contributed by atoms with van der Waals surface area (Å²) in [6.07, 6.45) is 4.55. The van der Waals surface area contributed by atoms with E-state index in [-0.39, 0.29) is 41.4 Å². The van der Waals surface area contributed by atoms with Gasteiger partial charge in [0.2, 0.25) is 5.91 Å². The van der Waals surface area contributed by atoms with E-state index in [4.69, 9.17) is 5.10 Å². The van der Waals surface area contributed by atoms with Crippen molar-refractivity contribution in [2.75, 3.05) is 49.8 Å². The van der Waals surface area contributed by atoms with Gasteiger partial charge in [0.25, 0.3) is 11.8 Å². The Morgan fingerprint density at radius 3 is 2.44 bits per heavy atom.